The highest BCUT2D eigenvalue weighted by atomic mass is 16.6. The fourth-order valence-corrected chi connectivity index (χ4v) is 3.72. The van der Waals surface area contributed by atoms with Gasteiger partial charge in [0.2, 0.25) is 0 Å². The highest BCUT2D eigenvalue weighted by Crippen LogP contribution is 2.29. The summed E-state index contributed by atoms with van der Waals surface area (Å²) in [6, 6.07) is 5.39. The molecule has 2 fully saturated rings. The van der Waals surface area contributed by atoms with E-state index in [4.69, 9.17) is 0 Å². The summed E-state index contributed by atoms with van der Waals surface area (Å²) in [6.07, 6.45) is 4.42. The Bertz CT molecular complexity index is 564. The molecule has 6 heteroatoms. The van der Waals surface area contributed by atoms with Crippen molar-refractivity contribution in [3.05, 3.63) is 33.9 Å². The third-order valence-electron chi connectivity index (χ3n) is 5.24. The first-order valence-electron chi connectivity index (χ1n) is 9.06. The molecule has 1 aromatic rings. The van der Waals surface area contributed by atoms with Crippen LogP contribution in [0.3, 0.4) is 0 Å². The van der Waals surface area contributed by atoms with Crippen molar-refractivity contribution >= 4 is 11.4 Å². The van der Waals surface area contributed by atoms with Crippen LogP contribution in [0.15, 0.2) is 18.2 Å². The van der Waals surface area contributed by atoms with Gasteiger partial charge >= 0.3 is 0 Å². The number of piperazine rings is 1. The number of nitrogens with zero attached hydrogens (tertiary/aromatic N) is 4. The average Bonchev–Trinajstić information content (AvgIpc) is 3.11. The van der Waals surface area contributed by atoms with Gasteiger partial charge in [-0.15, -0.1) is 0 Å². The lowest BCUT2D eigenvalue weighted by atomic mass is 10.0. The number of benzene rings is 1. The molecule has 0 radical (unpaired) electrons. The minimum Gasteiger partial charge on any atom is -0.371 e. The summed E-state index contributed by atoms with van der Waals surface area (Å²) in [5.74, 6) is 0. The van der Waals surface area contributed by atoms with Gasteiger partial charge in [0.25, 0.3) is 5.69 Å². The summed E-state index contributed by atoms with van der Waals surface area (Å²) in [6.45, 7) is 7.75. The smallest absolute Gasteiger partial charge is 0.269 e. The fourth-order valence-electron chi connectivity index (χ4n) is 3.72. The molecule has 0 unspecified atom stereocenters. The molecular weight excluding hydrogens is 304 g/mol. The van der Waals surface area contributed by atoms with E-state index in [1.54, 1.807) is 12.1 Å². The second kappa shape index (κ2) is 7.94. The zero-order valence-electron chi connectivity index (χ0n) is 14.6. The van der Waals surface area contributed by atoms with Gasteiger partial charge in [-0.25, -0.2) is 0 Å². The number of hydrogen-bond acceptors (Lipinski definition) is 5. The molecule has 0 bridgehead atoms. The van der Waals surface area contributed by atoms with Crippen LogP contribution < -0.4 is 4.90 Å². The Balaban J connectivity index is 1.63. The molecule has 0 atom stereocenters. The third kappa shape index (κ3) is 4.24. The van der Waals surface area contributed by atoms with Gasteiger partial charge in [-0.1, -0.05) is 0 Å². The summed E-state index contributed by atoms with van der Waals surface area (Å²) < 4.78 is 0. The Labute approximate surface area is 144 Å². The Kier molecular flexibility index (Phi) is 5.68. The zero-order chi connectivity index (χ0) is 16.9. The number of rotatable bonds is 6. The minimum absolute atomic E-state index is 0.215. The lowest BCUT2D eigenvalue weighted by Crippen LogP contribution is -2.44. The van der Waals surface area contributed by atoms with Crippen LogP contribution in [0.2, 0.25) is 0 Å². The standard InChI is InChI=1S/C18H28N4O2/c1-19-11-13-20(14-12-19)8-4-5-16-15-17(22(23)24)6-7-18(16)21-9-2-3-10-21/h6-7,15H,2-5,8-14H2,1H3. The van der Waals surface area contributed by atoms with E-state index in [0.29, 0.717) is 0 Å². The van der Waals surface area contributed by atoms with E-state index >= 15 is 0 Å². The number of non-ortho nitro benzene ring substituents is 1. The van der Waals surface area contributed by atoms with Gasteiger partial charge < -0.3 is 14.7 Å². The van der Waals surface area contributed by atoms with Gasteiger partial charge in [0, 0.05) is 57.1 Å². The molecule has 0 aliphatic carbocycles. The van der Waals surface area contributed by atoms with E-state index in [1.807, 2.05) is 6.07 Å². The van der Waals surface area contributed by atoms with Crippen LogP contribution in [0, 0.1) is 10.1 Å². The van der Waals surface area contributed by atoms with Gasteiger partial charge in [0.15, 0.2) is 0 Å². The quantitative estimate of drug-likeness (QED) is 0.591. The van der Waals surface area contributed by atoms with Crippen molar-refractivity contribution < 1.29 is 4.92 Å². The molecule has 0 N–H and O–H groups in total. The lowest BCUT2D eigenvalue weighted by Gasteiger charge is -2.32. The molecule has 0 saturated carbocycles. The molecule has 24 heavy (non-hydrogen) atoms. The van der Waals surface area contributed by atoms with Crippen LogP contribution in [-0.2, 0) is 6.42 Å². The first-order valence-corrected chi connectivity index (χ1v) is 9.06. The largest absolute Gasteiger partial charge is 0.371 e. The van der Waals surface area contributed by atoms with E-state index in [-0.39, 0.29) is 10.6 Å². The van der Waals surface area contributed by atoms with Crippen molar-refractivity contribution in [1.82, 2.24) is 9.80 Å². The highest BCUT2D eigenvalue weighted by molar-refractivity contribution is 5.58. The number of nitro groups is 1. The Morgan fingerprint density at radius 3 is 2.46 bits per heavy atom. The first-order chi connectivity index (χ1) is 11.6. The van der Waals surface area contributed by atoms with E-state index < -0.39 is 0 Å². The zero-order valence-corrected chi connectivity index (χ0v) is 14.6. The number of hydrogen-bond donors (Lipinski definition) is 0. The number of nitro benzene ring substituents is 1. The molecule has 0 spiro atoms. The van der Waals surface area contributed by atoms with Gasteiger partial charge in [-0.2, -0.15) is 0 Å². The van der Waals surface area contributed by atoms with Crippen molar-refractivity contribution in [2.24, 2.45) is 0 Å². The molecule has 2 heterocycles. The monoisotopic (exact) mass is 332 g/mol. The Hall–Kier alpha value is -1.66. The average molecular weight is 332 g/mol. The SMILES string of the molecule is CN1CCN(CCCc2cc([N+](=O)[O-])ccc2N2CCCC2)CC1. The maximum absolute atomic E-state index is 11.1. The Morgan fingerprint density at radius 1 is 1.08 bits per heavy atom. The summed E-state index contributed by atoms with van der Waals surface area (Å²) in [7, 11) is 2.17. The summed E-state index contributed by atoms with van der Waals surface area (Å²) in [5.41, 5.74) is 2.56. The van der Waals surface area contributed by atoms with Crippen LogP contribution in [0.1, 0.15) is 24.8 Å². The van der Waals surface area contributed by atoms with Gasteiger partial charge in [0.05, 0.1) is 4.92 Å². The van der Waals surface area contributed by atoms with Crippen LogP contribution in [0.4, 0.5) is 11.4 Å². The summed E-state index contributed by atoms with van der Waals surface area (Å²) in [5, 5.41) is 11.1. The third-order valence-corrected chi connectivity index (χ3v) is 5.24. The maximum atomic E-state index is 11.1. The molecule has 2 saturated heterocycles. The van der Waals surface area contributed by atoms with Crippen LogP contribution >= 0.6 is 0 Å². The predicted octanol–water partition coefficient (Wildman–Crippen LogP) is 2.38. The molecule has 2 aliphatic rings. The van der Waals surface area contributed by atoms with E-state index in [1.165, 1.54) is 18.5 Å². The second-order valence-corrected chi connectivity index (χ2v) is 7.01. The van der Waals surface area contributed by atoms with Crippen molar-refractivity contribution in [3.63, 3.8) is 0 Å². The molecule has 0 aromatic heterocycles. The summed E-state index contributed by atoms with van der Waals surface area (Å²) in [4.78, 5) is 18.1. The van der Waals surface area contributed by atoms with Gasteiger partial charge in [-0.3, -0.25) is 10.1 Å². The lowest BCUT2D eigenvalue weighted by molar-refractivity contribution is -0.384. The van der Waals surface area contributed by atoms with E-state index in [2.05, 4.69) is 21.7 Å². The molecule has 1 aromatic carbocycles. The number of aryl methyl sites for hydroxylation is 1. The first kappa shape index (κ1) is 17.2. The van der Waals surface area contributed by atoms with Crippen LogP contribution in [0.25, 0.3) is 0 Å². The number of likely N-dealkylation sites (N-methyl/N-ethyl adjacent to an activating group) is 1. The van der Waals surface area contributed by atoms with Crippen molar-refractivity contribution in [2.45, 2.75) is 25.7 Å². The molecule has 132 valence electrons. The molecule has 0 amide bonds. The Morgan fingerprint density at radius 2 is 1.79 bits per heavy atom. The van der Waals surface area contributed by atoms with Gasteiger partial charge in [-0.05, 0) is 50.9 Å². The molecule has 2 aliphatic heterocycles. The topological polar surface area (TPSA) is 52.9 Å². The molecular formula is C18H28N4O2. The van der Waals surface area contributed by atoms with Crippen LogP contribution in [0.5, 0.6) is 0 Å². The van der Waals surface area contributed by atoms with Crippen molar-refractivity contribution in [2.75, 3.05) is 57.8 Å². The number of anilines is 1. The van der Waals surface area contributed by atoms with E-state index in [9.17, 15) is 10.1 Å². The van der Waals surface area contributed by atoms with Crippen molar-refractivity contribution in [1.29, 1.82) is 0 Å². The second-order valence-electron chi connectivity index (χ2n) is 7.01. The summed E-state index contributed by atoms with van der Waals surface area (Å²) >= 11 is 0. The van der Waals surface area contributed by atoms with Gasteiger partial charge in [0.1, 0.15) is 0 Å². The molecule has 3 rings (SSSR count). The minimum atomic E-state index is -0.280. The highest BCUT2D eigenvalue weighted by Gasteiger charge is 2.19. The molecule has 6 nitrogen and oxygen atoms in total. The van der Waals surface area contributed by atoms with Crippen molar-refractivity contribution in [3.8, 4) is 0 Å². The van der Waals surface area contributed by atoms with Crippen LogP contribution in [-0.4, -0.2) is 67.6 Å². The van der Waals surface area contributed by atoms with E-state index in [0.717, 1.165) is 64.2 Å². The normalized spacial score (nSPS) is 19.8. The maximum Gasteiger partial charge on any atom is 0.269 e. The predicted molar refractivity (Wildman–Crippen MR) is 96.8 cm³/mol. The fraction of sp³-hybridized carbons (Fsp3) is 0.667.